The summed E-state index contributed by atoms with van der Waals surface area (Å²) in [6.45, 7) is 0. The number of rotatable bonds is 4. The monoisotopic (exact) mass is 165 g/mol. The second-order valence-corrected chi connectivity index (χ2v) is 2.89. The van der Waals surface area contributed by atoms with Crippen molar-refractivity contribution in [3.05, 3.63) is 0 Å². The molecule has 0 aromatic heterocycles. The highest BCUT2D eigenvalue weighted by atomic mass is 32.2. The van der Waals surface area contributed by atoms with Gasteiger partial charge in [-0.2, -0.15) is 0 Å². The van der Waals surface area contributed by atoms with Crippen LogP contribution in [0.15, 0.2) is 0 Å². The third kappa shape index (κ3) is 3.71. The Hall–Kier alpha value is -0.260. The molecule has 0 saturated carbocycles. The fourth-order valence-electron chi connectivity index (χ4n) is 0.414. The molecule has 0 aliphatic carbocycles. The topological polar surface area (TPSA) is 83.5 Å². The number of carbonyl (C=O) groups is 1. The quantitative estimate of drug-likeness (QED) is 0.488. The lowest BCUT2D eigenvalue weighted by atomic mass is 10.2. The summed E-state index contributed by atoms with van der Waals surface area (Å²) >= 11 is 1.18. The number of aliphatic carboxylic acids is 1. The number of aliphatic hydroxyl groups is 1. The van der Waals surface area contributed by atoms with E-state index in [1.807, 2.05) is 0 Å². The van der Waals surface area contributed by atoms with Crippen molar-refractivity contribution in [1.82, 2.24) is 0 Å². The Kier molecular flexibility index (Phi) is 4.42. The van der Waals surface area contributed by atoms with Crippen LogP contribution in [-0.4, -0.2) is 33.9 Å². The molecule has 0 amide bonds. The van der Waals surface area contributed by atoms with Crippen LogP contribution in [0.5, 0.6) is 0 Å². The van der Waals surface area contributed by atoms with Crippen molar-refractivity contribution in [2.75, 3.05) is 6.26 Å². The average molecular weight is 165 g/mol. The molecule has 0 aromatic rings. The van der Waals surface area contributed by atoms with Gasteiger partial charge in [0, 0.05) is 6.42 Å². The maximum Gasteiger partial charge on any atom is 0.320 e. The van der Waals surface area contributed by atoms with Gasteiger partial charge in [0.05, 0.1) is 0 Å². The van der Waals surface area contributed by atoms with E-state index in [2.05, 4.69) is 0 Å². The van der Waals surface area contributed by atoms with Gasteiger partial charge in [0.25, 0.3) is 0 Å². The number of carboxylic acids is 1. The first-order valence-electron chi connectivity index (χ1n) is 2.77. The predicted octanol–water partition coefficient (Wildman–Crippen LogP) is -0.530. The van der Waals surface area contributed by atoms with E-state index < -0.39 is 17.4 Å². The Balaban J connectivity index is 3.56. The van der Waals surface area contributed by atoms with Gasteiger partial charge in [-0.1, -0.05) is 0 Å². The SMILES string of the molecule is CSC(O)CC(N)C(=O)O. The van der Waals surface area contributed by atoms with Crippen molar-refractivity contribution in [3.63, 3.8) is 0 Å². The van der Waals surface area contributed by atoms with Crippen LogP contribution >= 0.6 is 11.8 Å². The summed E-state index contributed by atoms with van der Waals surface area (Å²) in [6.07, 6.45) is 1.79. The molecule has 0 rings (SSSR count). The van der Waals surface area contributed by atoms with E-state index in [1.165, 1.54) is 11.8 Å². The average Bonchev–Trinajstić information content (AvgIpc) is 1.87. The third-order valence-corrected chi connectivity index (χ3v) is 1.78. The number of nitrogens with two attached hydrogens (primary N) is 1. The van der Waals surface area contributed by atoms with Gasteiger partial charge in [-0.15, -0.1) is 11.8 Å². The molecule has 0 fully saturated rings. The molecule has 0 aromatic carbocycles. The van der Waals surface area contributed by atoms with Crippen molar-refractivity contribution in [2.45, 2.75) is 17.9 Å². The number of aliphatic hydroxyl groups excluding tert-OH is 1. The van der Waals surface area contributed by atoms with Crippen molar-refractivity contribution < 1.29 is 15.0 Å². The van der Waals surface area contributed by atoms with Gasteiger partial charge in [-0.25, -0.2) is 0 Å². The molecule has 10 heavy (non-hydrogen) atoms. The van der Waals surface area contributed by atoms with Gasteiger partial charge in [0.2, 0.25) is 0 Å². The van der Waals surface area contributed by atoms with E-state index in [9.17, 15) is 4.79 Å². The molecule has 60 valence electrons. The minimum Gasteiger partial charge on any atom is -0.480 e. The van der Waals surface area contributed by atoms with Crippen molar-refractivity contribution in [3.8, 4) is 0 Å². The van der Waals surface area contributed by atoms with Crippen LogP contribution in [0.4, 0.5) is 0 Å². The van der Waals surface area contributed by atoms with Crippen LogP contribution < -0.4 is 5.73 Å². The summed E-state index contributed by atoms with van der Waals surface area (Å²) in [4.78, 5) is 10.1. The molecular formula is C5H11NO3S. The highest BCUT2D eigenvalue weighted by Crippen LogP contribution is 2.08. The van der Waals surface area contributed by atoms with Gasteiger partial charge in [0.1, 0.15) is 11.5 Å². The Morgan fingerprint density at radius 3 is 2.60 bits per heavy atom. The van der Waals surface area contributed by atoms with E-state index >= 15 is 0 Å². The highest BCUT2D eigenvalue weighted by Gasteiger charge is 2.15. The summed E-state index contributed by atoms with van der Waals surface area (Å²) in [7, 11) is 0. The zero-order chi connectivity index (χ0) is 8.15. The lowest BCUT2D eigenvalue weighted by Gasteiger charge is -2.09. The van der Waals surface area contributed by atoms with E-state index in [1.54, 1.807) is 6.26 Å². The van der Waals surface area contributed by atoms with Crippen molar-refractivity contribution >= 4 is 17.7 Å². The van der Waals surface area contributed by atoms with Crippen LogP contribution in [0.2, 0.25) is 0 Å². The lowest BCUT2D eigenvalue weighted by molar-refractivity contribution is -0.139. The minimum atomic E-state index is -1.08. The molecule has 0 saturated heterocycles. The second kappa shape index (κ2) is 4.54. The van der Waals surface area contributed by atoms with E-state index in [-0.39, 0.29) is 6.42 Å². The Morgan fingerprint density at radius 1 is 1.80 bits per heavy atom. The summed E-state index contributed by atoms with van der Waals surface area (Å²) in [5.41, 5.74) is 4.45. The summed E-state index contributed by atoms with van der Waals surface area (Å²) < 4.78 is 0. The summed E-state index contributed by atoms with van der Waals surface area (Å²) in [5.74, 6) is -1.08. The largest absolute Gasteiger partial charge is 0.480 e. The first kappa shape index (κ1) is 9.74. The number of hydrogen-bond donors (Lipinski definition) is 3. The van der Waals surface area contributed by atoms with Crippen LogP contribution in [-0.2, 0) is 4.79 Å². The summed E-state index contributed by atoms with van der Waals surface area (Å²) in [6, 6.07) is -0.956. The normalized spacial score (nSPS) is 16.3. The molecule has 0 bridgehead atoms. The zero-order valence-corrected chi connectivity index (χ0v) is 6.47. The van der Waals surface area contributed by atoms with Gasteiger partial charge in [0.15, 0.2) is 0 Å². The molecule has 0 aliphatic heterocycles. The predicted molar refractivity (Wildman–Crippen MR) is 39.8 cm³/mol. The van der Waals surface area contributed by atoms with E-state index in [0.717, 1.165) is 0 Å². The number of thioether (sulfide) groups is 1. The lowest BCUT2D eigenvalue weighted by Crippen LogP contribution is -2.33. The van der Waals surface area contributed by atoms with Gasteiger partial charge < -0.3 is 15.9 Å². The van der Waals surface area contributed by atoms with Crippen LogP contribution in [0.25, 0.3) is 0 Å². The van der Waals surface area contributed by atoms with Crippen molar-refractivity contribution in [1.29, 1.82) is 0 Å². The molecular weight excluding hydrogens is 154 g/mol. The third-order valence-electron chi connectivity index (χ3n) is 1.04. The number of carboxylic acid groups (broad SMARTS) is 1. The Morgan fingerprint density at radius 2 is 2.30 bits per heavy atom. The van der Waals surface area contributed by atoms with Crippen LogP contribution in [0, 0.1) is 0 Å². The molecule has 0 heterocycles. The Bertz CT molecular complexity index is 119. The van der Waals surface area contributed by atoms with Crippen LogP contribution in [0.1, 0.15) is 6.42 Å². The maximum absolute atomic E-state index is 10.1. The summed E-state index contributed by atoms with van der Waals surface area (Å²) in [5, 5.41) is 17.2. The highest BCUT2D eigenvalue weighted by molar-refractivity contribution is 7.99. The standard InChI is InChI=1S/C5H11NO3S/c1-10-4(7)2-3(6)5(8)9/h3-4,7H,2,6H2,1H3,(H,8,9). The number of hydrogen-bond acceptors (Lipinski definition) is 4. The fraction of sp³-hybridized carbons (Fsp3) is 0.800. The van der Waals surface area contributed by atoms with Gasteiger partial charge in [-0.3, -0.25) is 4.79 Å². The van der Waals surface area contributed by atoms with Gasteiger partial charge in [-0.05, 0) is 6.26 Å². The van der Waals surface area contributed by atoms with E-state index in [4.69, 9.17) is 15.9 Å². The maximum atomic E-state index is 10.1. The fourth-order valence-corrected chi connectivity index (χ4v) is 0.814. The van der Waals surface area contributed by atoms with Crippen molar-refractivity contribution in [2.24, 2.45) is 5.73 Å². The first-order chi connectivity index (χ1) is 4.57. The Labute approximate surface area is 63.4 Å². The molecule has 0 spiro atoms. The second-order valence-electron chi connectivity index (χ2n) is 1.87. The van der Waals surface area contributed by atoms with Crippen LogP contribution in [0.3, 0.4) is 0 Å². The minimum absolute atomic E-state index is 0.0938. The molecule has 0 radical (unpaired) electrons. The zero-order valence-electron chi connectivity index (χ0n) is 5.65. The van der Waals surface area contributed by atoms with E-state index in [0.29, 0.717) is 0 Å². The molecule has 5 heteroatoms. The first-order valence-corrected chi connectivity index (χ1v) is 4.06. The molecule has 0 aliphatic rings. The molecule has 4 N–H and O–H groups in total. The molecule has 2 atom stereocenters. The molecule has 4 nitrogen and oxygen atoms in total. The van der Waals surface area contributed by atoms with Gasteiger partial charge >= 0.3 is 5.97 Å². The smallest absolute Gasteiger partial charge is 0.320 e. The molecule has 2 unspecified atom stereocenters.